The molecule has 0 heterocycles. The molecule has 1 unspecified atom stereocenters. The molecule has 5 heteroatoms. The number of halogens is 2. The summed E-state index contributed by atoms with van der Waals surface area (Å²) in [7, 11) is 1.86. The second-order valence-corrected chi connectivity index (χ2v) is 3.70. The molecule has 0 aliphatic rings. The third-order valence-electron chi connectivity index (χ3n) is 1.48. The van der Waals surface area contributed by atoms with Gasteiger partial charge in [-0.15, -0.1) is 11.6 Å². The fourth-order valence-corrected chi connectivity index (χ4v) is 1.11. The minimum atomic E-state index is 0. The molecular formula is C8H18BrClN2O. The van der Waals surface area contributed by atoms with Crippen LogP contribution in [0.15, 0.2) is 0 Å². The standard InChI is InChI=1S/C8H17ClN2O.BrH/c1-7(2)6-11(3)8(12)10-5-4-9;/h7H,4-6H2,1-3H3,(H,10,12);1H. The number of nitrogens with one attached hydrogen (secondary N) is 2. The summed E-state index contributed by atoms with van der Waals surface area (Å²) in [6.45, 7) is 5.60. The molecule has 0 aromatic heterocycles. The molecule has 2 amide bonds. The topological polar surface area (TPSA) is 33.5 Å². The van der Waals surface area contributed by atoms with E-state index >= 15 is 0 Å². The van der Waals surface area contributed by atoms with Crippen molar-refractivity contribution in [1.29, 1.82) is 0 Å². The number of amides is 2. The largest absolute Gasteiger partial charge is 1.00 e. The zero-order valence-electron chi connectivity index (χ0n) is 8.36. The maximum Gasteiger partial charge on any atom is 0.414 e. The van der Waals surface area contributed by atoms with E-state index in [2.05, 4.69) is 19.2 Å². The van der Waals surface area contributed by atoms with Crippen molar-refractivity contribution in [3.63, 3.8) is 0 Å². The van der Waals surface area contributed by atoms with Crippen molar-refractivity contribution in [2.45, 2.75) is 13.8 Å². The Bertz CT molecular complexity index is 144. The van der Waals surface area contributed by atoms with Crippen LogP contribution in [0.2, 0.25) is 0 Å². The Morgan fingerprint density at radius 3 is 2.46 bits per heavy atom. The van der Waals surface area contributed by atoms with Crippen LogP contribution in [-0.2, 0) is 0 Å². The molecule has 0 aliphatic heterocycles. The molecule has 0 aromatic rings. The Morgan fingerprint density at radius 1 is 1.54 bits per heavy atom. The number of carbonyl (C=O) groups is 1. The van der Waals surface area contributed by atoms with E-state index in [1.807, 2.05) is 7.05 Å². The first-order chi connectivity index (χ1) is 5.57. The van der Waals surface area contributed by atoms with Crippen LogP contribution in [-0.4, -0.2) is 32.0 Å². The zero-order chi connectivity index (χ0) is 9.56. The lowest BCUT2D eigenvalue weighted by atomic mass is 10.2. The quantitative estimate of drug-likeness (QED) is 0.530. The highest BCUT2D eigenvalue weighted by Crippen LogP contribution is 1.82. The zero-order valence-corrected chi connectivity index (χ0v) is 10.7. The van der Waals surface area contributed by atoms with Crippen LogP contribution in [0.5, 0.6) is 0 Å². The molecule has 0 radical (unpaired) electrons. The van der Waals surface area contributed by atoms with Gasteiger partial charge in [-0.1, -0.05) is 13.8 Å². The fourth-order valence-electron chi connectivity index (χ4n) is 1.02. The van der Waals surface area contributed by atoms with Crippen LogP contribution < -0.4 is 27.2 Å². The first-order valence-corrected chi connectivity index (χ1v) is 4.78. The number of alkyl halides is 1. The van der Waals surface area contributed by atoms with Crippen molar-refractivity contribution in [3.05, 3.63) is 0 Å². The fraction of sp³-hybridized carbons (Fsp3) is 0.875. The van der Waals surface area contributed by atoms with E-state index in [9.17, 15) is 4.79 Å². The van der Waals surface area contributed by atoms with Crippen LogP contribution in [0.3, 0.4) is 0 Å². The highest BCUT2D eigenvalue weighted by molar-refractivity contribution is 6.18. The van der Waals surface area contributed by atoms with Gasteiger partial charge in [-0.05, 0) is 0 Å². The predicted molar refractivity (Wildman–Crippen MR) is 50.7 cm³/mol. The van der Waals surface area contributed by atoms with Gasteiger partial charge in [0.15, 0.2) is 0 Å². The molecule has 13 heavy (non-hydrogen) atoms. The summed E-state index contributed by atoms with van der Waals surface area (Å²) in [5.74, 6) is 1.01. The van der Waals surface area contributed by atoms with Gasteiger partial charge in [-0.3, -0.25) is 4.90 Å². The number of hydrogen-bond acceptors (Lipinski definition) is 1. The maximum atomic E-state index is 11.2. The molecule has 0 bridgehead atoms. The second-order valence-electron chi connectivity index (χ2n) is 3.32. The molecule has 3 nitrogen and oxygen atoms in total. The first-order valence-electron chi connectivity index (χ1n) is 4.24. The average Bonchev–Trinajstić information content (AvgIpc) is 1.98. The Balaban J connectivity index is 0. The van der Waals surface area contributed by atoms with E-state index in [0.717, 1.165) is 11.4 Å². The van der Waals surface area contributed by atoms with Crippen LogP contribution in [0, 0.1) is 5.92 Å². The number of carbonyl (C=O) groups excluding carboxylic acids is 1. The van der Waals surface area contributed by atoms with Gasteiger partial charge in [-0.2, -0.15) is 0 Å². The molecule has 0 saturated carbocycles. The second kappa shape index (κ2) is 8.78. The SMILES string of the molecule is CC(C)C[NH+](C)C(=O)NCCCl.[Br-]. The third kappa shape index (κ3) is 8.53. The summed E-state index contributed by atoms with van der Waals surface area (Å²) < 4.78 is 0. The predicted octanol–water partition coefficient (Wildman–Crippen LogP) is -2.89. The summed E-state index contributed by atoms with van der Waals surface area (Å²) in [4.78, 5) is 12.1. The number of urea groups is 1. The van der Waals surface area contributed by atoms with Crippen molar-refractivity contribution in [3.8, 4) is 0 Å². The summed E-state index contributed by atoms with van der Waals surface area (Å²) in [5.41, 5.74) is 0. The molecule has 0 aliphatic carbocycles. The van der Waals surface area contributed by atoms with E-state index in [-0.39, 0.29) is 23.0 Å². The molecule has 0 saturated heterocycles. The van der Waals surface area contributed by atoms with Crippen LogP contribution >= 0.6 is 11.6 Å². The molecular weight excluding hydrogens is 255 g/mol. The van der Waals surface area contributed by atoms with E-state index in [1.165, 1.54) is 0 Å². The molecule has 0 rings (SSSR count). The molecule has 1 atom stereocenters. The van der Waals surface area contributed by atoms with E-state index < -0.39 is 0 Å². The van der Waals surface area contributed by atoms with Crippen LogP contribution in [0.1, 0.15) is 13.8 Å². The minimum absolute atomic E-state index is 0. The summed E-state index contributed by atoms with van der Waals surface area (Å²) in [6, 6.07) is 0.0318. The summed E-state index contributed by atoms with van der Waals surface area (Å²) in [6.07, 6.45) is 0. The highest BCUT2D eigenvalue weighted by Gasteiger charge is 2.13. The molecule has 0 fully saturated rings. The third-order valence-corrected chi connectivity index (χ3v) is 1.67. The summed E-state index contributed by atoms with van der Waals surface area (Å²) >= 11 is 5.43. The van der Waals surface area contributed by atoms with Gasteiger partial charge in [0.2, 0.25) is 0 Å². The van der Waals surface area contributed by atoms with Gasteiger partial charge in [0.05, 0.1) is 13.6 Å². The molecule has 0 aromatic carbocycles. The van der Waals surface area contributed by atoms with Gasteiger partial charge in [0.1, 0.15) is 0 Å². The van der Waals surface area contributed by atoms with Crippen molar-refractivity contribution in [2.75, 3.05) is 26.0 Å². The first kappa shape index (κ1) is 15.7. The van der Waals surface area contributed by atoms with Gasteiger partial charge in [-0.25, -0.2) is 4.79 Å². The minimum Gasteiger partial charge on any atom is -1.00 e. The highest BCUT2D eigenvalue weighted by atomic mass is 79.9. The lowest BCUT2D eigenvalue weighted by molar-refractivity contribution is -0.796. The van der Waals surface area contributed by atoms with E-state index in [4.69, 9.17) is 11.6 Å². The van der Waals surface area contributed by atoms with Crippen molar-refractivity contribution >= 4 is 17.6 Å². The number of quaternary nitrogens is 1. The Hall–Kier alpha value is 0.200. The van der Waals surface area contributed by atoms with Crippen molar-refractivity contribution < 1.29 is 26.7 Å². The van der Waals surface area contributed by atoms with Crippen LogP contribution in [0.25, 0.3) is 0 Å². The molecule has 80 valence electrons. The summed E-state index contributed by atoms with van der Waals surface area (Å²) in [5, 5.41) is 2.73. The van der Waals surface area contributed by atoms with E-state index in [1.54, 1.807) is 0 Å². The monoisotopic (exact) mass is 272 g/mol. The maximum absolute atomic E-state index is 11.2. The number of rotatable bonds is 4. The Kier molecular flexibility index (Phi) is 10.6. The van der Waals surface area contributed by atoms with Crippen LogP contribution in [0.4, 0.5) is 4.79 Å². The van der Waals surface area contributed by atoms with Gasteiger partial charge < -0.3 is 22.3 Å². The van der Waals surface area contributed by atoms with E-state index in [0.29, 0.717) is 18.3 Å². The van der Waals surface area contributed by atoms with Crippen molar-refractivity contribution in [2.24, 2.45) is 5.92 Å². The normalized spacial score (nSPS) is 12.1. The number of hydrogen-bond donors (Lipinski definition) is 2. The lowest BCUT2D eigenvalue weighted by Gasteiger charge is -2.13. The Labute approximate surface area is 95.6 Å². The van der Waals surface area contributed by atoms with Crippen molar-refractivity contribution in [1.82, 2.24) is 5.32 Å². The molecule has 2 N–H and O–H groups in total. The van der Waals surface area contributed by atoms with Gasteiger partial charge >= 0.3 is 6.03 Å². The average molecular weight is 274 g/mol. The molecule has 0 spiro atoms. The lowest BCUT2D eigenvalue weighted by Crippen LogP contribution is -3.13. The smallest absolute Gasteiger partial charge is 0.414 e. The van der Waals surface area contributed by atoms with Gasteiger partial charge in [0, 0.05) is 18.3 Å². The Morgan fingerprint density at radius 2 is 2.08 bits per heavy atom. The van der Waals surface area contributed by atoms with Gasteiger partial charge in [0.25, 0.3) is 0 Å².